The predicted octanol–water partition coefficient (Wildman–Crippen LogP) is 3.29. The van der Waals surface area contributed by atoms with Crippen LogP contribution in [0.1, 0.15) is 74.7 Å². The highest BCUT2D eigenvalue weighted by Crippen LogP contribution is 2.69. The molecule has 0 amide bonds. The summed E-state index contributed by atoms with van der Waals surface area (Å²) in [6, 6.07) is 0. The molecular formula is C20H33O7S-. The molecule has 0 aliphatic heterocycles. The maximum Gasteiger partial charge on any atom is 0.347 e. The molecule has 0 spiro atoms. The number of carbonyl (C=O) groups excluding carboxylic acids is 2. The Bertz CT molecular complexity index is 677. The van der Waals surface area contributed by atoms with Gasteiger partial charge in [0.15, 0.2) is 6.10 Å². The van der Waals surface area contributed by atoms with Crippen molar-refractivity contribution in [1.29, 1.82) is 0 Å². The molecule has 0 heterocycles. The van der Waals surface area contributed by atoms with E-state index in [0.29, 0.717) is 6.42 Å². The summed E-state index contributed by atoms with van der Waals surface area (Å²) in [4.78, 5) is 25.2. The molecule has 7 nitrogen and oxygen atoms in total. The maximum absolute atomic E-state index is 12.8. The number of ether oxygens (including phenoxy) is 2. The van der Waals surface area contributed by atoms with E-state index >= 15 is 0 Å². The molecule has 7 atom stereocenters. The lowest BCUT2D eigenvalue weighted by molar-refractivity contribution is -0.219. The molecule has 2 fully saturated rings. The van der Waals surface area contributed by atoms with Crippen LogP contribution < -0.4 is 0 Å². The zero-order valence-corrected chi connectivity index (χ0v) is 18.9. The average molecular weight is 418 g/mol. The van der Waals surface area contributed by atoms with Gasteiger partial charge in [0.2, 0.25) is 0 Å². The molecule has 0 saturated heterocycles. The van der Waals surface area contributed by atoms with E-state index < -0.39 is 51.4 Å². The summed E-state index contributed by atoms with van der Waals surface area (Å²) in [6.45, 7) is 14.3. The first-order chi connectivity index (χ1) is 12.7. The normalized spacial score (nSPS) is 39.5. The standard InChI is InChI=1S/C20H34O7S/c1-9-17(4,5)16(22)25-13(3)15(21)26-20(8)18(6)11-10-14(12(18)2)19(20,7)27-28(23)24/h12-14H,9-11H2,1-8H3,(H,23,24)/p-1. The minimum absolute atomic E-state index is 0.0647. The first-order valence-corrected chi connectivity index (χ1v) is 10.9. The van der Waals surface area contributed by atoms with Crippen LogP contribution in [0, 0.1) is 22.7 Å². The van der Waals surface area contributed by atoms with E-state index in [2.05, 4.69) is 0 Å². The molecule has 0 aromatic heterocycles. The van der Waals surface area contributed by atoms with Crippen LogP contribution in [0.3, 0.4) is 0 Å². The third-order valence-corrected chi connectivity index (χ3v) is 8.41. The van der Waals surface area contributed by atoms with Crippen molar-refractivity contribution >= 4 is 23.3 Å². The molecule has 0 aromatic rings. The zero-order valence-electron chi connectivity index (χ0n) is 18.1. The Morgan fingerprint density at radius 3 is 2.36 bits per heavy atom. The van der Waals surface area contributed by atoms with Gasteiger partial charge in [0.25, 0.3) is 0 Å². The number of carbonyl (C=O) groups is 2. The third-order valence-electron chi connectivity index (χ3n) is 7.93. The Morgan fingerprint density at radius 1 is 1.29 bits per heavy atom. The molecule has 2 saturated carbocycles. The molecule has 8 heteroatoms. The number of fused-ring (bicyclic) bond motifs is 2. The van der Waals surface area contributed by atoms with E-state index in [1.807, 2.05) is 20.8 Å². The van der Waals surface area contributed by atoms with Crippen LogP contribution in [0.4, 0.5) is 0 Å². The Hall–Kier alpha value is -0.990. The lowest BCUT2D eigenvalue weighted by Crippen LogP contribution is -2.62. The van der Waals surface area contributed by atoms with Gasteiger partial charge in [0.05, 0.1) is 16.8 Å². The van der Waals surface area contributed by atoms with Gasteiger partial charge in [0, 0.05) is 5.41 Å². The summed E-state index contributed by atoms with van der Waals surface area (Å²) in [5.74, 6) is -1.13. The van der Waals surface area contributed by atoms with Gasteiger partial charge in [-0.1, -0.05) is 20.8 Å². The van der Waals surface area contributed by atoms with Gasteiger partial charge in [-0.3, -0.25) is 8.98 Å². The van der Waals surface area contributed by atoms with Crippen LogP contribution in [-0.4, -0.2) is 38.0 Å². The molecule has 0 aromatic carbocycles. The van der Waals surface area contributed by atoms with Crippen molar-refractivity contribution < 1.29 is 32.0 Å². The van der Waals surface area contributed by atoms with Crippen molar-refractivity contribution in [3.05, 3.63) is 0 Å². The van der Waals surface area contributed by atoms with Gasteiger partial charge in [-0.15, -0.1) is 0 Å². The van der Waals surface area contributed by atoms with Crippen LogP contribution >= 0.6 is 0 Å². The fraction of sp³-hybridized carbons (Fsp3) is 0.900. The molecule has 0 radical (unpaired) electrons. The van der Waals surface area contributed by atoms with E-state index in [1.165, 1.54) is 6.92 Å². The predicted molar refractivity (Wildman–Crippen MR) is 103 cm³/mol. The summed E-state index contributed by atoms with van der Waals surface area (Å²) in [7, 11) is 0. The number of esters is 2. The third kappa shape index (κ3) is 3.31. The van der Waals surface area contributed by atoms with Gasteiger partial charge in [-0.25, -0.2) is 9.00 Å². The van der Waals surface area contributed by atoms with E-state index in [1.54, 1.807) is 27.7 Å². The lowest BCUT2D eigenvalue weighted by atomic mass is 9.66. The van der Waals surface area contributed by atoms with E-state index in [4.69, 9.17) is 13.7 Å². The van der Waals surface area contributed by atoms with Gasteiger partial charge >= 0.3 is 11.9 Å². The summed E-state index contributed by atoms with van der Waals surface area (Å²) in [5, 5.41) is 0. The Kier molecular flexibility index (Phi) is 6.12. The zero-order chi connectivity index (χ0) is 21.7. The fourth-order valence-electron chi connectivity index (χ4n) is 5.02. The second-order valence-corrected chi connectivity index (χ2v) is 10.1. The highest BCUT2D eigenvalue weighted by molar-refractivity contribution is 7.74. The summed E-state index contributed by atoms with van der Waals surface area (Å²) >= 11 is -2.75. The first-order valence-electron chi connectivity index (χ1n) is 9.89. The monoisotopic (exact) mass is 417 g/mol. The Morgan fingerprint density at radius 2 is 1.86 bits per heavy atom. The highest BCUT2D eigenvalue weighted by atomic mass is 32.2. The van der Waals surface area contributed by atoms with Crippen molar-refractivity contribution in [1.82, 2.24) is 0 Å². The molecule has 162 valence electrons. The Labute approximate surface area is 170 Å². The second kappa shape index (κ2) is 7.36. The summed E-state index contributed by atoms with van der Waals surface area (Å²) in [5.41, 5.74) is -3.52. The fourth-order valence-corrected chi connectivity index (χ4v) is 5.59. The van der Waals surface area contributed by atoms with Crippen molar-refractivity contribution in [2.45, 2.75) is 92.0 Å². The molecule has 2 aliphatic carbocycles. The second-order valence-electron chi connectivity index (χ2n) is 9.49. The number of hydrogen-bond donors (Lipinski definition) is 0. The molecule has 2 aliphatic rings. The highest BCUT2D eigenvalue weighted by Gasteiger charge is 2.75. The van der Waals surface area contributed by atoms with Crippen LogP contribution in [0.5, 0.6) is 0 Å². The van der Waals surface area contributed by atoms with Crippen molar-refractivity contribution in [3.8, 4) is 0 Å². The summed E-state index contributed by atoms with van der Waals surface area (Å²) in [6.07, 6.45) is 1.07. The Balaban J connectivity index is 2.27. The molecule has 0 N–H and O–H groups in total. The van der Waals surface area contributed by atoms with Gasteiger partial charge in [0.1, 0.15) is 11.2 Å². The SMILES string of the molecule is CCC(C)(C)C(=O)OC(C)C(=O)OC1(C)C2(C)CCC(C2C)C1(C)OS(=O)[O-]. The minimum Gasteiger partial charge on any atom is -0.750 e. The van der Waals surface area contributed by atoms with Crippen LogP contribution in [0.15, 0.2) is 0 Å². The molecule has 7 unspecified atom stereocenters. The number of hydrogen-bond acceptors (Lipinski definition) is 7. The largest absolute Gasteiger partial charge is 0.750 e. The van der Waals surface area contributed by atoms with Crippen molar-refractivity contribution in [2.24, 2.45) is 22.7 Å². The van der Waals surface area contributed by atoms with Gasteiger partial charge in [-0.05, 0) is 65.7 Å². The van der Waals surface area contributed by atoms with Gasteiger partial charge < -0.3 is 14.0 Å². The van der Waals surface area contributed by atoms with E-state index in [-0.39, 0.29) is 11.8 Å². The molecule has 28 heavy (non-hydrogen) atoms. The molecule has 2 bridgehead atoms. The average Bonchev–Trinajstić information content (AvgIpc) is 2.94. The van der Waals surface area contributed by atoms with Crippen molar-refractivity contribution in [3.63, 3.8) is 0 Å². The van der Waals surface area contributed by atoms with Crippen LogP contribution in [0.25, 0.3) is 0 Å². The van der Waals surface area contributed by atoms with Crippen molar-refractivity contribution in [2.75, 3.05) is 0 Å². The van der Waals surface area contributed by atoms with Gasteiger partial charge in [-0.2, -0.15) is 0 Å². The molecular weight excluding hydrogens is 384 g/mol. The lowest BCUT2D eigenvalue weighted by Gasteiger charge is -2.51. The quantitative estimate of drug-likeness (QED) is 0.462. The number of rotatable bonds is 7. The maximum atomic E-state index is 12.8. The van der Waals surface area contributed by atoms with Crippen LogP contribution in [0.2, 0.25) is 0 Å². The first kappa shape index (κ1) is 23.3. The van der Waals surface area contributed by atoms with E-state index in [0.717, 1.165) is 12.8 Å². The molecule has 2 rings (SSSR count). The minimum atomic E-state index is -2.75. The smallest absolute Gasteiger partial charge is 0.347 e. The summed E-state index contributed by atoms with van der Waals surface area (Å²) < 4.78 is 39.4. The topological polar surface area (TPSA) is 102 Å². The van der Waals surface area contributed by atoms with E-state index in [9.17, 15) is 18.4 Å². The van der Waals surface area contributed by atoms with Crippen LogP contribution in [-0.2, 0) is 34.6 Å².